The number of thioether (sulfide) groups is 1. The van der Waals surface area contributed by atoms with Crippen molar-refractivity contribution in [3.63, 3.8) is 0 Å². The molecule has 96 valence electrons. The fraction of sp³-hybridized carbons (Fsp3) is 0.200. The summed E-state index contributed by atoms with van der Waals surface area (Å²) in [5.74, 6) is -1.47. The molecule has 0 saturated carbocycles. The van der Waals surface area contributed by atoms with Crippen molar-refractivity contribution in [3.05, 3.63) is 28.8 Å². The van der Waals surface area contributed by atoms with Gasteiger partial charge in [-0.15, -0.1) is 0 Å². The fourth-order valence-electron chi connectivity index (χ4n) is 1.33. The van der Waals surface area contributed by atoms with Gasteiger partial charge in [0, 0.05) is 11.4 Å². The van der Waals surface area contributed by atoms with Crippen LogP contribution in [0.3, 0.4) is 0 Å². The number of aromatic carboxylic acids is 1. The molecule has 0 aromatic heterocycles. The first kappa shape index (κ1) is 14.3. The lowest BCUT2D eigenvalue weighted by Crippen LogP contribution is -2.08. The summed E-state index contributed by atoms with van der Waals surface area (Å²) < 4.78 is 36.6. The van der Waals surface area contributed by atoms with E-state index in [-0.39, 0.29) is 22.6 Å². The normalized spacial score (nSPS) is 11.1. The minimum Gasteiger partial charge on any atom is -0.478 e. The van der Waals surface area contributed by atoms with Gasteiger partial charge >= 0.3 is 11.5 Å². The van der Waals surface area contributed by atoms with Crippen molar-refractivity contribution in [2.75, 3.05) is 0 Å². The maximum Gasteiger partial charge on any atom is 0.446 e. The minimum absolute atomic E-state index is 0.0733. The highest BCUT2D eigenvalue weighted by Gasteiger charge is 2.30. The highest BCUT2D eigenvalue weighted by molar-refractivity contribution is 8.00. The highest BCUT2D eigenvalue weighted by Crippen LogP contribution is 2.38. The van der Waals surface area contributed by atoms with E-state index >= 15 is 0 Å². The number of hydrogen-bond acceptors (Lipinski definition) is 4. The summed E-state index contributed by atoms with van der Waals surface area (Å²) in [4.78, 5) is 10.6. The number of carboxylic acid groups (broad SMARTS) is 1. The van der Waals surface area contributed by atoms with Crippen molar-refractivity contribution >= 4 is 17.7 Å². The monoisotopic (exact) mass is 276 g/mol. The van der Waals surface area contributed by atoms with Crippen LogP contribution in [0.1, 0.15) is 21.5 Å². The summed E-state index contributed by atoms with van der Waals surface area (Å²) in [6.45, 7) is -0.213. The Morgan fingerprint density at radius 2 is 2.11 bits per heavy atom. The molecule has 0 amide bonds. The van der Waals surface area contributed by atoms with Crippen LogP contribution >= 0.6 is 11.8 Å². The lowest BCUT2D eigenvalue weighted by atomic mass is 10.0. The van der Waals surface area contributed by atoms with E-state index in [1.807, 2.05) is 0 Å². The predicted molar refractivity (Wildman–Crippen MR) is 57.9 cm³/mol. The smallest absolute Gasteiger partial charge is 0.446 e. The number of halogens is 3. The van der Waals surface area contributed by atoms with Crippen LogP contribution in [-0.2, 0) is 6.54 Å². The lowest BCUT2D eigenvalue weighted by molar-refractivity contribution is -0.0328. The molecule has 3 N–H and O–H groups in total. The molecule has 0 aliphatic carbocycles. The van der Waals surface area contributed by atoms with Gasteiger partial charge in [-0.05, 0) is 29.5 Å². The molecule has 0 heterocycles. The topological polar surface area (TPSA) is 87.1 Å². The average molecular weight is 276 g/mol. The van der Waals surface area contributed by atoms with Crippen molar-refractivity contribution < 1.29 is 23.1 Å². The Labute approximate surface area is 104 Å². The number of nitrogens with zero attached hydrogens (tertiary/aromatic N) is 1. The quantitative estimate of drug-likeness (QED) is 0.827. The number of nitrogens with two attached hydrogens (primary N) is 1. The van der Waals surface area contributed by atoms with Gasteiger partial charge in [-0.1, -0.05) is 0 Å². The van der Waals surface area contributed by atoms with Gasteiger partial charge in [0.15, 0.2) is 0 Å². The van der Waals surface area contributed by atoms with Gasteiger partial charge in [-0.2, -0.15) is 18.4 Å². The molecular formula is C10H7F3N2O2S. The SMILES string of the molecule is N#Cc1c(CN)cc(SC(F)(F)F)cc1C(=O)O. The summed E-state index contributed by atoms with van der Waals surface area (Å²) in [5.41, 5.74) is 0.144. The van der Waals surface area contributed by atoms with Gasteiger partial charge in [-0.3, -0.25) is 0 Å². The Hall–Kier alpha value is -1.72. The van der Waals surface area contributed by atoms with Crippen LogP contribution in [0.2, 0.25) is 0 Å². The van der Waals surface area contributed by atoms with Crippen LogP contribution in [0.5, 0.6) is 0 Å². The number of rotatable bonds is 3. The van der Waals surface area contributed by atoms with Crippen LogP contribution in [0.15, 0.2) is 17.0 Å². The van der Waals surface area contributed by atoms with E-state index in [0.29, 0.717) is 0 Å². The number of carboxylic acids is 1. The molecule has 0 radical (unpaired) electrons. The number of benzene rings is 1. The van der Waals surface area contributed by atoms with Crippen molar-refractivity contribution in [2.24, 2.45) is 5.73 Å². The second-order valence-corrected chi connectivity index (χ2v) is 4.31. The minimum atomic E-state index is -4.53. The van der Waals surface area contributed by atoms with Crippen molar-refractivity contribution in [3.8, 4) is 6.07 Å². The molecule has 0 atom stereocenters. The highest BCUT2D eigenvalue weighted by atomic mass is 32.2. The molecule has 1 rings (SSSR count). The zero-order valence-corrected chi connectivity index (χ0v) is 9.60. The van der Waals surface area contributed by atoms with Crippen molar-refractivity contribution in [1.29, 1.82) is 5.26 Å². The third-order valence-electron chi connectivity index (χ3n) is 1.99. The molecule has 4 nitrogen and oxygen atoms in total. The van der Waals surface area contributed by atoms with E-state index < -0.39 is 28.8 Å². The Morgan fingerprint density at radius 3 is 2.50 bits per heavy atom. The van der Waals surface area contributed by atoms with Gasteiger partial charge < -0.3 is 10.8 Å². The van der Waals surface area contributed by atoms with E-state index in [1.54, 1.807) is 6.07 Å². The molecule has 0 aliphatic rings. The molecule has 0 aliphatic heterocycles. The summed E-state index contributed by atoms with van der Waals surface area (Å²) in [7, 11) is 0. The molecular weight excluding hydrogens is 269 g/mol. The average Bonchev–Trinajstić information content (AvgIpc) is 2.25. The van der Waals surface area contributed by atoms with E-state index in [9.17, 15) is 18.0 Å². The van der Waals surface area contributed by atoms with Crippen molar-refractivity contribution in [1.82, 2.24) is 0 Å². The molecule has 1 aromatic rings. The van der Waals surface area contributed by atoms with E-state index in [1.165, 1.54) is 0 Å². The molecule has 1 aromatic carbocycles. The maximum absolute atomic E-state index is 12.2. The largest absolute Gasteiger partial charge is 0.478 e. The molecule has 8 heteroatoms. The van der Waals surface area contributed by atoms with Crippen LogP contribution in [0.4, 0.5) is 13.2 Å². The predicted octanol–water partition coefficient (Wildman–Crippen LogP) is 2.33. The molecule has 0 fully saturated rings. The Morgan fingerprint density at radius 1 is 1.50 bits per heavy atom. The second-order valence-electron chi connectivity index (χ2n) is 3.17. The maximum atomic E-state index is 12.2. The first-order chi connectivity index (χ1) is 8.28. The molecule has 0 spiro atoms. The van der Waals surface area contributed by atoms with Gasteiger partial charge in [-0.25, -0.2) is 4.79 Å². The number of nitriles is 1. The zero-order valence-electron chi connectivity index (χ0n) is 8.78. The Balaban J connectivity index is 3.38. The van der Waals surface area contributed by atoms with E-state index in [0.717, 1.165) is 12.1 Å². The molecule has 18 heavy (non-hydrogen) atoms. The van der Waals surface area contributed by atoms with Crippen LogP contribution in [0.25, 0.3) is 0 Å². The van der Waals surface area contributed by atoms with Crippen LogP contribution in [-0.4, -0.2) is 16.6 Å². The van der Waals surface area contributed by atoms with Gasteiger partial charge in [0.2, 0.25) is 0 Å². The summed E-state index contributed by atoms with van der Waals surface area (Å²) in [6, 6.07) is 3.53. The molecule has 0 saturated heterocycles. The number of hydrogen-bond donors (Lipinski definition) is 2. The fourth-order valence-corrected chi connectivity index (χ4v) is 1.97. The van der Waals surface area contributed by atoms with Crippen LogP contribution in [0, 0.1) is 11.3 Å². The zero-order chi connectivity index (χ0) is 13.9. The summed E-state index contributed by atoms with van der Waals surface area (Å²) in [5, 5.41) is 17.7. The summed E-state index contributed by atoms with van der Waals surface area (Å²) in [6.07, 6.45) is 0. The van der Waals surface area contributed by atoms with Crippen molar-refractivity contribution in [2.45, 2.75) is 16.9 Å². The second kappa shape index (κ2) is 5.29. The molecule has 0 bridgehead atoms. The Bertz CT molecular complexity index is 523. The number of alkyl halides is 3. The van der Waals surface area contributed by atoms with E-state index in [4.69, 9.17) is 16.1 Å². The summed E-state index contributed by atoms with van der Waals surface area (Å²) >= 11 is -0.447. The third-order valence-corrected chi connectivity index (χ3v) is 2.69. The lowest BCUT2D eigenvalue weighted by Gasteiger charge is -2.10. The van der Waals surface area contributed by atoms with Gasteiger partial charge in [0.05, 0.1) is 11.1 Å². The third kappa shape index (κ3) is 3.38. The number of carbonyl (C=O) groups is 1. The Kier molecular flexibility index (Phi) is 4.21. The van der Waals surface area contributed by atoms with Crippen LogP contribution < -0.4 is 5.73 Å². The van der Waals surface area contributed by atoms with Gasteiger partial charge in [0.1, 0.15) is 6.07 Å². The molecule has 0 unspecified atom stereocenters. The first-order valence-electron chi connectivity index (χ1n) is 4.54. The first-order valence-corrected chi connectivity index (χ1v) is 5.36. The standard InChI is InChI=1S/C10H7F3N2O2S/c11-10(12,13)18-6-1-5(3-14)8(4-15)7(2-6)9(16)17/h1-2H,3,14H2,(H,16,17). The van der Waals surface area contributed by atoms with E-state index in [2.05, 4.69) is 0 Å². The van der Waals surface area contributed by atoms with Gasteiger partial charge in [0.25, 0.3) is 0 Å².